The van der Waals surface area contributed by atoms with Gasteiger partial charge in [-0.25, -0.2) is 0 Å². The Morgan fingerprint density at radius 1 is 0.957 bits per heavy atom. The molecule has 0 radical (unpaired) electrons. The van der Waals surface area contributed by atoms with Gasteiger partial charge >= 0.3 is 0 Å². The molecule has 0 bridgehead atoms. The number of amides is 1. The minimum atomic E-state index is 0.138. The number of fused-ring (bicyclic) bond motifs is 1. The molecule has 23 heavy (non-hydrogen) atoms. The van der Waals surface area contributed by atoms with Gasteiger partial charge in [-0.15, -0.1) is 0 Å². The molecule has 124 valence electrons. The second-order valence-electron chi connectivity index (χ2n) is 6.75. The van der Waals surface area contributed by atoms with E-state index in [4.69, 9.17) is 0 Å². The summed E-state index contributed by atoms with van der Waals surface area (Å²) in [5.41, 5.74) is 3.34. The zero-order valence-electron chi connectivity index (χ0n) is 14.0. The fourth-order valence-corrected chi connectivity index (χ4v) is 3.63. The summed E-state index contributed by atoms with van der Waals surface area (Å²) in [6.07, 6.45) is 5.43. The van der Waals surface area contributed by atoms with E-state index in [1.54, 1.807) is 6.92 Å². The van der Waals surface area contributed by atoms with Gasteiger partial charge in [0.1, 0.15) is 0 Å². The van der Waals surface area contributed by atoms with Crippen LogP contribution < -0.4 is 0 Å². The zero-order valence-corrected chi connectivity index (χ0v) is 14.0. The van der Waals surface area contributed by atoms with Crippen molar-refractivity contribution in [1.29, 1.82) is 0 Å². The van der Waals surface area contributed by atoms with Crippen LogP contribution in [0.15, 0.2) is 18.2 Å². The molecule has 2 aliphatic rings. The molecule has 2 heterocycles. The van der Waals surface area contributed by atoms with Crippen LogP contribution in [0.1, 0.15) is 47.7 Å². The number of piperidine rings is 1. The smallest absolute Gasteiger partial charge is 0.219 e. The van der Waals surface area contributed by atoms with Crippen molar-refractivity contribution in [3.05, 3.63) is 34.9 Å². The number of likely N-dealkylation sites (tertiary alicyclic amines) is 1. The van der Waals surface area contributed by atoms with Gasteiger partial charge in [0.05, 0.1) is 6.54 Å². The van der Waals surface area contributed by atoms with E-state index >= 15 is 0 Å². The average molecular weight is 314 g/mol. The lowest BCUT2D eigenvalue weighted by atomic mass is 9.98. The van der Waals surface area contributed by atoms with Gasteiger partial charge in [0.2, 0.25) is 5.91 Å². The first-order valence-electron chi connectivity index (χ1n) is 8.76. The lowest BCUT2D eigenvalue weighted by Gasteiger charge is -2.25. The molecule has 1 fully saturated rings. The molecule has 0 spiro atoms. The van der Waals surface area contributed by atoms with Gasteiger partial charge in [-0.1, -0.05) is 18.6 Å². The third-order valence-electron chi connectivity index (χ3n) is 5.09. The molecule has 0 aromatic heterocycles. The highest BCUT2D eigenvalue weighted by Crippen LogP contribution is 2.19. The highest BCUT2D eigenvalue weighted by Gasteiger charge is 2.19. The molecule has 0 atom stereocenters. The lowest BCUT2D eigenvalue weighted by Crippen LogP contribution is -2.34. The van der Waals surface area contributed by atoms with Crippen molar-refractivity contribution < 1.29 is 9.59 Å². The minimum absolute atomic E-state index is 0.138. The van der Waals surface area contributed by atoms with Crippen LogP contribution in [0.25, 0.3) is 0 Å². The molecule has 1 saturated heterocycles. The minimum Gasteiger partial charge on any atom is -0.342 e. The number of carbonyl (C=O) groups is 2. The number of carbonyl (C=O) groups excluding carboxylic acids is 2. The van der Waals surface area contributed by atoms with Crippen LogP contribution in [0.5, 0.6) is 0 Å². The van der Waals surface area contributed by atoms with Gasteiger partial charge in [0.15, 0.2) is 5.78 Å². The quantitative estimate of drug-likeness (QED) is 0.804. The van der Waals surface area contributed by atoms with Crippen LogP contribution in [0.3, 0.4) is 0 Å². The summed E-state index contributed by atoms with van der Waals surface area (Å²) in [4.78, 5) is 28.3. The van der Waals surface area contributed by atoms with Crippen LogP contribution in [-0.4, -0.2) is 54.2 Å². The lowest BCUT2D eigenvalue weighted by molar-refractivity contribution is -0.128. The van der Waals surface area contributed by atoms with Crippen LogP contribution >= 0.6 is 0 Å². The highest BCUT2D eigenvalue weighted by molar-refractivity contribution is 5.97. The summed E-state index contributed by atoms with van der Waals surface area (Å²) in [5, 5.41) is 0. The predicted molar refractivity (Wildman–Crippen MR) is 90.7 cm³/mol. The molecular formula is C19H26N2O2. The first kappa shape index (κ1) is 16.2. The van der Waals surface area contributed by atoms with E-state index in [0.717, 1.165) is 44.6 Å². The molecule has 3 rings (SSSR count). The molecule has 1 aromatic carbocycles. The van der Waals surface area contributed by atoms with E-state index < -0.39 is 0 Å². The number of Topliss-reactive ketones (excluding diaryl/α,β-unsaturated/α-hetero) is 1. The molecular weight excluding hydrogens is 288 g/mol. The normalized spacial score (nSPS) is 19.1. The summed E-state index contributed by atoms with van der Waals surface area (Å²) in [6.45, 7) is 5.80. The fourth-order valence-electron chi connectivity index (χ4n) is 3.63. The Bertz CT molecular complexity index is 591. The van der Waals surface area contributed by atoms with Crippen LogP contribution in [0, 0.1) is 0 Å². The number of hydrogen-bond acceptors (Lipinski definition) is 3. The van der Waals surface area contributed by atoms with E-state index in [0.29, 0.717) is 6.54 Å². The number of ketones is 1. The molecule has 4 nitrogen and oxygen atoms in total. The summed E-state index contributed by atoms with van der Waals surface area (Å²) < 4.78 is 0. The second-order valence-corrected chi connectivity index (χ2v) is 6.75. The van der Waals surface area contributed by atoms with Crippen molar-refractivity contribution >= 4 is 11.7 Å². The van der Waals surface area contributed by atoms with Crippen molar-refractivity contribution in [2.24, 2.45) is 0 Å². The predicted octanol–water partition coefficient (Wildman–Crippen LogP) is 2.30. The van der Waals surface area contributed by atoms with E-state index in [-0.39, 0.29) is 11.7 Å². The molecule has 4 heteroatoms. The number of benzene rings is 1. The Kier molecular flexibility index (Phi) is 5.11. The fraction of sp³-hybridized carbons (Fsp3) is 0.579. The molecule has 0 N–H and O–H groups in total. The summed E-state index contributed by atoms with van der Waals surface area (Å²) in [5.74, 6) is 0.363. The maximum atomic E-state index is 12.6. The van der Waals surface area contributed by atoms with Crippen LogP contribution in [0.4, 0.5) is 0 Å². The summed E-state index contributed by atoms with van der Waals surface area (Å²) >= 11 is 0. The van der Waals surface area contributed by atoms with Gasteiger partial charge in [-0.3, -0.25) is 14.5 Å². The monoisotopic (exact) mass is 314 g/mol. The average Bonchev–Trinajstić information content (AvgIpc) is 2.77. The Morgan fingerprint density at radius 3 is 2.35 bits per heavy atom. The van der Waals surface area contributed by atoms with Crippen LogP contribution in [0.2, 0.25) is 0 Å². The van der Waals surface area contributed by atoms with Gasteiger partial charge in [0, 0.05) is 25.6 Å². The Hall–Kier alpha value is -1.68. The van der Waals surface area contributed by atoms with E-state index in [1.165, 1.54) is 30.4 Å². The standard InChI is InChI=1S/C19H26N2O2/c1-15(22)21-11-7-16-5-6-18(13-17(16)8-12-21)19(23)14-20-9-3-2-4-10-20/h5-6,13H,2-4,7-12,14H2,1H3. The van der Waals surface area contributed by atoms with Gasteiger partial charge in [-0.05, 0) is 56.0 Å². The van der Waals surface area contributed by atoms with E-state index in [9.17, 15) is 9.59 Å². The number of rotatable bonds is 3. The van der Waals surface area contributed by atoms with Crippen LogP contribution in [-0.2, 0) is 17.6 Å². The third kappa shape index (κ3) is 3.99. The Balaban J connectivity index is 1.68. The largest absolute Gasteiger partial charge is 0.342 e. The first-order chi connectivity index (χ1) is 11.1. The highest BCUT2D eigenvalue weighted by atomic mass is 16.2. The summed E-state index contributed by atoms with van der Waals surface area (Å²) in [7, 11) is 0. The van der Waals surface area contributed by atoms with Gasteiger partial charge in [-0.2, -0.15) is 0 Å². The maximum Gasteiger partial charge on any atom is 0.219 e. The molecule has 2 aliphatic heterocycles. The molecule has 1 aromatic rings. The van der Waals surface area contributed by atoms with Crippen molar-refractivity contribution in [2.75, 3.05) is 32.7 Å². The van der Waals surface area contributed by atoms with E-state index in [2.05, 4.69) is 17.0 Å². The summed E-state index contributed by atoms with van der Waals surface area (Å²) in [6, 6.07) is 6.11. The van der Waals surface area contributed by atoms with Crippen molar-refractivity contribution in [2.45, 2.75) is 39.0 Å². The van der Waals surface area contributed by atoms with Crippen molar-refractivity contribution in [1.82, 2.24) is 9.80 Å². The molecule has 0 aliphatic carbocycles. The third-order valence-corrected chi connectivity index (χ3v) is 5.09. The van der Waals surface area contributed by atoms with Gasteiger partial charge < -0.3 is 4.90 Å². The SMILES string of the molecule is CC(=O)N1CCc2ccc(C(=O)CN3CCCCC3)cc2CC1. The molecule has 1 amide bonds. The van der Waals surface area contributed by atoms with E-state index in [1.807, 2.05) is 11.0 Å². The Morgan fingerprint density at radius 2 is 1.65 bits per heavy atom. The second kappa shape index (κ2) is 7.26. The first-order valence-corrected chi connectivity index (χ1v) is 8.76. The topological polar surface area (TPSA) is 40.6 Å². The Labute approximate surface area is 138 Å². The van der Waals surface area contributed by atoms with Crippen molar-refractivity contribution in [3.63, 3.8) is 0 Å². The van der Waals surface area contributed by atoms with Gasteiger partial charge in [0.25, 0.3) is 0 Å². The van der Waals surface area contributed by atoms with Crippen molar-refractivity contribution in [3.8, 4) is 0 Å². The zero-order chi connectivity index (χ0) is 16.2. The molecule has 0 saturated carbocycles. The number of hydrogen-bond donors (Lipinski definition) is 0. The number of nitrogens with zero attached hydrogens (tertiary/aromatic N) is 2. The maximum absolute atomic E-state index is 12.6. The molecule has 0 unspecified atom stereocenters.